The van der Waals surface area contributed by atoms with Crippen LogP contribution in [-0.4, -0.2) is 42.1 Å². The molecule has 0 radical (unpaired) electrons. The molecule has 4 rings (SSSR count). The smallest absolute Gasteiger partial charge is 0.191 e. The maximum absolute atomic E-state index is 14.0. The monoisotopic (exact) mass is 506 g/mol. The molecule has 0 saturated carbocycles. The van der Waals surface area contributed by atoms with Crippen molar-refractivity contribution in [2.24, 2.45) is 4.99 Å². The number of rotatable bonds is 4. The van der Waals surface area contributed by atoms with Crippen LogP contribution in [0.4, 0.5) is 10.2 Å². The third-order valence-electron chi connectivity index (χ3n) is 4.97. The third kappa shape index (κ3) is 4.92. The summed E-state index contributed by atoms with van der Waals surface area (Å²) in [5, 5.41) is 9.06. The van der Waals surface area contributed by atoms with Crippen LogP contribution < -0.4 is 15.5 Å². The Morgan fingerprint density at radius 3 is 2.86 bits per heavy atom. The van der Waals surface area contributed by atoms with Crippen LogP contribution in [0.3, 0.4) is 0 Å². The Hall–Kier alpha value is -2.49. The second-order valence-corrected chi connectivity index (χ2v) is 6.79. The number of pyridine rings is 2. The zero-order chi connectivity index (χ0) is 19.3. The van der Waals surface area contributed by atoms with Gasteiger partial charge in [0, 0.05) is 44.0 Å². The summed E-state index contributed by atoms with van der Waals surface area (Å²) in [5.74, 6) is 0.838. The first kappa shape index (κ1) is 21.2. The van der Waals surface area contributed by atoms with Crippen molar-refractivity contribution in [3.63, 3.8) is 0 Å². The standard InChI is InChI=1S/C21H23FN6.HI/c1-23-21(26-13-19-17-6-3-2-5-15(17)8-11-24-19)27-16-9-12-28(14-16)20-18(22)7-4-10-25-20;/h2-8,10-11,16H,9,12-14H2,1H3,(H2,23,26,27);1H. The van der Waals surface area contributed by atoms with Gasteiger partial charge in [-0.3, -0.25) is 9.98 Å². The van der Waals surface area contributed by atoms with Crippen molar-refractivity contribution in [2.75, 3.05) is 25.0 Å². The quantitative estimate of drug-likeness (QED) is 0.323. The average molecular weight is 506 g/mol. The van der Waals surface area contributed by atoms with Gasteiger partial charge < -0.3 is 15.5 Å². The molecule has 8 heteroatoms. The van der Waals surface area contributed by atoms with Crippen molar-refractivity contribution < 1.29 is 4.39 Å². The van der Waals surface area contributed by atoms with Crippen molar-refractivity contribution in [3.8, 4) is 0 Å². The molecule has 1 aromatic carbocycles. The van der Waals surface area contributed by atoms with E-state index in [2.05, 4.69) is 37.7 Å². The van der Waals surface area contributed by atoms with E-state index in [0.29, 0.717) is 24.9 Å². The van der Waals surface area contributed by atoms with Crippen LogP contribution in [-0.2, 0) is 6.54 Å². The molecule has 0 spiro atoms. The normalized spacial score (nSPS) is 16.6. The van der Waals surface area contributed by atoms with Crippen LogP contribution >= 0.6 is 24.0 Å². The Balaban J connectivity index is 0.00000240. The fourth-order valence-electron chi connectivity index (χ4n) is 3.56. The highest BCUT2D eigenvalue weighted by Crippen LogP contribution is 2.21. The minimum absolute atomic E-state index is 0. The lowest BCUT2D eigenvalue weighted by molar-refractivity contribution is 0.612. The molecular weight excluding hydrogens is 482 g/mol. The fourth-order valence-corrected chi connectivity index (χ4v) is 3.56. The van der Waals surface area contributed by atoms with E-state index in [1.165, 1.54) is 11.5 Å². The molecule has 6 nitrogen and oxygen atoms in total. The van der Waals surface area contributed by atoms with Crippen molar-refractivity contribution >= 4 is 46.5 Å². The van der Waals surface area contributed by atoms with Crippen LogP contribution in [0.25, 0.3) is 10.8 Å². The molecule has 3 heterocycles. The number of aromatic nitrogens is 2. The highest BCUT2D eigenvalue weighted by atomic mass is 127. The van der Waals surface area contributed by atoms with Gasteiger partial charge in [0.25, 0.3) is 0 Å². The maximum Gasteiger partial charge on any atom is 0.191 e. The number of anilines is 1. The molecular formula is C21H24FIN6. The van der Waals surface area contributed by atoms with Gasteiger partial charge in [0.05, 0.1) is 12.2 Å². The van der Waals surface area contributed by atoms with Gasteiger partial charge in [-0.05, 0) is 30.0 Å². The Morgan fingerprint density at radius 2 is 2.03 bits per heavy atom. The van der Waals surface area contributed by atoms with E-state index in [1.807, 2.05) is 29.3 Å². The molecule has 1 atom stereocenters. The van der Waals surface area contributed by atoms with Crippen molar-refractivity contribution in [3.05, 3.63) is 66.4 Å². The van der Waals surface area contributed by atoms with Crippen LogP contribution in [0.15, 0.2) is 59.9 Å². The molecule has 2 N–H and O–H groups in total. The zero-order valence-electron chi connectivity index (χ0n) is 16.2. The molecule has 2 aromatic heterocycles. The highest BCUT2D eigenvalue weighted by Gasteiger charge is 2.25. The zero-order valence-corrected chi connectivity index (χ0v) is 18.5. The van der Waals surface area contributed by atoms with Crippen molar-refractivity contribution in [1.29, 1.82) is 0 Å². The van der Waals surface area contributed by atoms with Gasteiger partial charge in [-0.25, -0.2) is 9.37 Å². The van der Waals surface area contributed by atoms with E-state index in [1.54, 1.807) is 19.3 Å². The second kappa shape index (κ2) is 9.82. The van der Waals surface area contributed by atoms with Crippen LogP contribution in [0.5, 0.6) is 0 Å². The van der Waals surface area contributed by atoms with Crippen LogP contribution in [0, 0.1) is 5.82 Å². The summed E-state index contributed by atoms with van der Waals surface area (Å²) >= 11 is 0. The minimum atomic E-state index is -0.285. The SMILES string of the molecule is CN=C(NCc1nccc2ccccc12)NC1CCN(c2ncccc2F)C1.I. The molecule has 152 valence electrons. The lowest BCUT2D eigenvalue weighted by atomic mass is 10.1. The summed E-state index contributed by atoms with van der Waals surface area (Å²) in [7, 11) is 1.75. The molecule has 0 amide bonds. The number of hydrogen-bond donors (Lipinski definition) is 2. The molecule has 1 fully saturated rings. The first-order chi connectivity index (χ1) is 13.7. The first-order valence-corrected chi connectivity index (χ1v) is 9.40. The molecule has 1 aliphatic rings. The van der Waals surface area contributed by atoms with E-state index in [0.717, 1.165) is 24.0 Å². The summed E-state index contributed by atoms with van der Waals surface area (Å²) in [6, 6.07) is 13.4. The van der Waals surface area contributed by atoms with Crippen LogP contribution in [0.1, 0.15) is 12.1 Å². The van der Waals surface area contributed by atoms with E-state index in [4.69, 9.17) is 0 Å². The van der Waals surface area contributed by atoms with E-state index < -0.39 is 0 Å². The van der Waals surface area contributed by atoms with E-state index in [9.17, 15) is 4.39 Å². The Bertz CT molecular complexity index is 990. The first-order valence-electron chi connectivity index (χ1n) is 9.40. The highest BCUT2D eigenvalue weighted by molar-refractivity contribution is 14.0. The summed E-state index contributed by atoms with van der Waals surface area (Å²) in [6.45, 7) is 2.01. The van der Waals surface area contributed by atoms with Gasteiger partial charge in [-0.2, -0.15) is 0 Å². The largest absolute Gasteiger partial charge is 0.352 e. The van der Waals surface area contributed by atoms with Gasteiger partial charge >= 0.3 is 0 Å². The van der Waals surface area contributed by atoms with E-state index in [-0.39, 0.29) is 35.8 Å². The maximum atomic E-state index is 14.0. The summed E-state index contributed by atoms with van der Waals surface area (Å²) in [4.78, 5) is 15.0. The molecule has 1 saturated heterocycles. The van der Waals surface area contributed by atoms with Gasteiger partial charge in [-0.15, -0.1) is 24.0 Å². The second-order valence-electron chi connectivity index (χ2n) is 6.79. The number of nitrogens with zero attached hydrogens (tertiary/aromatic N) is 4. The summed E-state index contributed by atoms with van der Waals surface area (Å²) < 4.78 is 14.0. The molecule has 0 bridgehead atoms. The summed E-state index contributed by atoms with van der Waals surface area (Å²) in [6.07, 6.45) is 4.34. The number of fused-ring (bicyclic) bond motifs is 1. The van der Waals surface area contributed by atoms with Gasteiger partial charge in [0.2, 0.25) is 0 Å². The topological polar surface area (TPSA) is 65.4 Å². The number of halogens is 2. The summed E-state index contributed by atoms with van der Waals surface area (Å²) in [5.41, 5.74) is 0.977. The number of guanidine groups is 1. The van der Waals surface area contributed by atoms with Crippen LogP contribution in [0.2, 0.25) is 0 Å². The van der Waals surface area contributed by atoms with Gasteiger partial charge in [0.15, 0.2) is 17.6 Å². The molecule has 1 aliphatic heterocycles. The molecule has 1 unspecified atom stereocenters. The van der Waals surface area contributed by atoms with Crippen molar-refractivity contribution in [1.82, 2.24) is 20.6 Å². The third-order valence-corrected chi connectivity index (χ3v) is 4.97. The lowest BCUT2D eigenvalue weighted by Gasteiger charge is -2.20. The number of benzene rings is 1. The number of aliphatic imine (C=N–C) groups is 1. The fraction of sp³-hybridized carbons (Fsp3) is 0.286. The van der Waals surface area contributed by atoms with Crippen molar-refractivity contribution in [2.45, 2.75) is 19.0 Å². The lowest BCUT2D eigenvalue weighted by Crippen LogP contribution is -2.44. The predicted octanol–water partition coefficient (Wildman–Crippen LogP) is 3.33. The predicted molar refractivity (Wildman–Crippen MR) is 125 cm³/mol. The number of nitrogens with one attached hydrogen (secondary N) is 2. The Labute approximate surface area is 186 Å². The van der Waals surface area contributed by atoms with Gasteiger partial charge in [0.1, 0.15) is 0 Å². The molecule has 3 aromatic rings. The van der Waals surface area contributed by atoms with E-state index >= 15 is 0 Å². The van der Waals surface area contributed by atoms with Gasteiger partial charge in [-0.1, -0.05) is 24.3 Å². The Kier molecular flexibility index (Phi) is 7.18. The molecule has 0 aliphatic carbocycles. The Morgan fingerprint density at radius 1 is 1.17 bits per heavy atom. The molecule has 29 heavy (non-hydrogen) atoms. The minimum Gasteiger partial charge on any atom is -0.352 e. The number of hydrogen-bond acceptors (Lipinski definition) is 4. The average Bonchev–Trinajstić information content (AvgIpc) is 3.19.